The molecule has 1 atom stereocenters. The zero-order chi connectivity index (χ0) is 15.3. The summed E-state index contributed by atoms with van der Waals surface area (Å²) in [5.41, 5.74) is -0.0281. The highest BCUT2D eigenvalue weighted by atomic mass is 32.2. The first-order valence-electron chi connectivity index (χ1n) is 6.30. The molecule has 5 nitrogen and oxygen atoms in total. The lowest BCUT2D eigenvalue weighted by Crippen LogP contribution is -2.40. The van der Waals surface area contributed by atoms with Crippen molar-refractivity contribution in [3.63, 3.8) is 0 Å². The van der Waals surface area contributed by atoms with Crippen LogP contribution in [0.5, 0.6) is 0 Å². The van der Waals surface area contributed by atoms with Gasteiger partial charge in [0.25, 0.3) is 0 Å². The molecule has 7 heteroatoms. The van der Waals surface area contributed by atoms with Gasteiger partial charge in [-0.15, -0.1) is 0 Å². The lowest BCUT2D eigenvalue weighted by atomic mass is 10.1. The van der Waals surface area contributed by atoms with Crippen molar-refractivity contribution >= 4 is 16.0 Å². The van der Waals surface area contributed by atoms with Crippen LogP contribution >= 0.6 is 0 Å². The summed E-state index contributed by atoms with van der Waals surface area (Å²) in [4.78, 5) is 10.8. The van der Waals surface area contributed by atoms with Crippen LogP contribution in [0.3, 0.4) is 0 Å². The first-order valence-corrected chi connectivity index (χ1v) is 7.78. The molecule has 0 aliphatic carbocycles. The number of halogens is 1. The van der Waals surface area contributed by atoms with Crippen LogP contribution in [-0.4, -0.2) is 25.5 Å². The smallest absolute Gasteiger partial charge is 0.321 e. The minimum atomic E-state index is -4.06. The fourth-order valence-electron chi connectivity index (χ4n) is 1.77. The average Bonchev–Trinajstić information content (AvgIpc) is 2.37. The summed E-state index contributed by atoms with van der Waals surface area (Å²) in [6, 6.07) is 2.47. The first kappa shape index (κ1) is 16.6. The number of aliphatic carboxylic acids is 1. The summed E-state index contributed by atoms with van der Waals surface area (Å²) in [5.74, 6) is -1.88. The fraction of sp³-hybridized carbons (Fsp3) is 0.462. The van der Waals surface area contributed by atoms with Gasteiger partial charge in [0.15, 0.2) is 0 Å². The highest BCUT2D eigenvalue weighted by molar-refractivity contribution is 7.89. The van der Waals surface area contributed by atoms with Crippen LogP contribution in [0.15, 0.2) is 23.1 Å². The van der Waals surface area contributed by atoms with Gasteiger partial charge in [0.05, 0.1) is 4.90 Å². The molecule has 1 aromatic carbocycles. The van der Waals surface area contributed by atoms with Crippen LogP contribution in [0.1, 0.15) is 31.7 Å². The third-order valence-electron chi connectivity index (χ3n) is 2.95. The standard InChI is InChI=1S/C13H18FNO4S/c1-3-4-7-11(13(16)17)15-20(18,19)12-8-5-6-10(14)9(12)2/h5-6,8,11,15H,3-4,7H2,1-2H3,(H,16,17)/t11-/m0/s1. The van der Waals surface area contributed by atoms with Gasteiger partial charge in [-0.1, -0.05) is 25.8 Å². The van der Waals surface area contributed by atoms with Crippen molar-refractivity contribution in [3.8, 4) is 0 Å². The molecule has 0 saturated heterocycles. The van der Waals surface area contributed by atoms with Gasteiger partial charge in [-0.3, -0.25) is 4.79 Å². The van der Waals surface area contributed by atoms with Crippen molar-refractivity contribution in [1.82, 2.24) is 4.72 Å². The Morgan fingerprint density at radius 1 is 1.45 bits per heavy atom. The molecule has 0 radical (unpaired) electrons. The van der Waals surface area contributed by atoms with E-state index in [1.807, 2.05) is 6.92 Å². The molecule has 112 valence electrons. The largest absolute Gasteiger partial charge is 0.480 e. The van der Waals surface area contributed by atoms with Crippen molar-refractivity contribution in [3.05, 3.63) is 29.6 Å². The Labute approximate surface area is 117 Å². The molecule has 0 fully saturated rings. The maximum Gasteiger partial charge on any atom is 0.321 e. The minimum absolute atomic E-state index is 0.0281. The quantitative estimate of drug-likeness (QED) is 0.807. The second kappa shape index (κ2) is 6.81. The predicted octanol–water partition coefficient (Wildman–Crippen LogP) is 2.06. The number of carbonyl (C=O) groups is 1. The summed E-state index contributed by atoms with van der Waals surface area (Å²) in [6.07, 6.45) is 1.53. The Balaban J connectivity index is 3.04. The number of unbranched alkanes of at least 4 members (excludes halogenated alkanes) is 1. The van der Waals surface area contributed by atoms with E-state index < -0.39 is 27.9 Å². The maximum absolute atomic E-state index is 13.4. The lowest BCUT2D eigenvalue weighted by molar-refractivity contribution is -0.139. The number of rotatable bonds is 7. The molecule has 0 aliphatic heterocycles. The van der Waals surface area contributed by atoms with E-state index >= 15 is 0 Å². The Hall–Kier alpha value is -1.47. The van der Waals surface area contributed by atoms with Gasteiger partial charge in [-0.05, 0) is 25.5 Å². The van der Waals surface area contributed by atoms with E-state index in [4.69, 9.17) is 5.11 Å². The molecule has 0 bridgehead atoms. The highest BCUT2D eigenvalue weighted by Crippen LogP contribution is 2.18. The van der Waals surface area contributed by atoms with E-state index in [-0.39, 0.29) is 16.9 Å². The number of hydrogen-bond donors (Lipinski definition) is 2. The van der Waals surface area contributed by atoms with Crippen molar-refractivity contribution in [1.29, 1.82) is 0 Å². The summed E-state index contributed by atoms with van der Waals surface area (Å²) in [6.45, 7) is 3.22. The molecule has 0 amide bonds. The normalized spacial score (nSPS) is 13.2. The predicted molar refractivity (Wildman–Crippen MR) is 72.4 cm³/mol. The summed E-state index contributed by atoms with van der Waals surface area (Å²) in [7, 11) is -4.06. The maximum atomic E-state index is 13.4. The Kier molecular flexibility index (Phi) is 5.64. The van der Waals surface area contributed by atoms with Crippen molar-refractivity contribution in [2.24, 2.45) is 0 Å². The SMILES string of the molecule is CCCC[C@H](NS(=O)(=O)c1cccc(F)c1C)C(=O)O. The second-order valence-electron chi connectivity index (χ2n) is 4.52. The van der Waals surface area contributed by atoms with Crippen LogP contribution in [0.4, 0.5) is 4.39 Å². The molecule has 0 aliphatic rings. The summed E-state index contributed by atoms with van der Waals surface area (Å²) in [5, 5.41) is 9.03. The third kappa shape index (κ3) is 4.01. The summed E-state index contributed by atoms with van der Waals surface area (Å²) >= 11 is 0. The Morgan fingerprint density at radius 2 is 2.10 bits per heavy atom. The van der Waals surface area contributed by atoms with Crippen LogP contribution in [0.25, 0.3) is 0 Å². The average molecular weight is 303 g/mol. The van der Waals surface area contributed by atoms with Crippen LogP contribution in [0.2, 0.25) is 0 Å². The van der Waals surface area contributed by atoms with Crippen LogP contribution < -0.4 is 4.72 Å². The molecular formula is C13H18FNO4S. The fourth-order valence-corrected chi connectivity index (χ4v) is 3.25. The molecule has 0 saturated carbocycles. The number of sulfonamides is 1. The minimum Gasteiger partial charge on any atom is -0.480 e. The van der Waals surface area contributed by atoms with Crippen LogP contribution in [-0.2, 0) is 14.8 Å². The van der Waals surface area contributed by atoms with Gasteiger partial charge < -0.3 is 5.11 Å². The van der Waals surface area contributed by atoms with E-state index in [1.165, 1.54) is 19.1 Å². The molecule has 0 heterocycles. The number of hydrogen-bond acceptors (Lipinski definition) is 3. The van der Waals surface area contributed by atoms with E-state index in [1.54, 1.807) is 0 Å². The van der Waals surface area contributed by atoms with Gasteiger partial charge in [0.1, 0.15) is 11.9 Å². The highest BCUT2D eigenvalue weighted by Gasteiger charge is 2.26. The van der Waals surface area contributed by atoms with E-state index in [9.17, 15) is 17.6 Å². The first-order chi connectivity index (χ1) is 9.29. The molecule has 1 aromatic rings. The van der Waals surface area contributed by atoms with E-state index in [2.05, 4.69) is 4.72 Å². The van der Waals surface area contributed by atoms with E-state index in [0.29, 0.717) is 6.42 Å². The monoisotopic (exact) mass is 303 g/mol. The second-order valence-corrected chi connectivity index (χ2v) is 6.20. The Morgan fingerprint density at radius 3 is 2.65 bits per heavy atom. The zero-order valence-corrected chi connectivity index (χ0v) is 12.2. The molecule has 0 spiro atoms. The van der Waals surface area contributed by atoms with Crippen molar-refractivity contribution in [2.75, 3.05) is 0 Å². The Bertz CT molecular complexity index is 586. The zero-order valence-electron chi connectivity index (χ0n) is 11.4. The molecule has 0 unspecified atom stereocenters. The molecular weight excluding hydrogens is 285 g/mol. The van der Waals surface area contributed by atoms with Gasteiger partial charge in [-0.25, -0.2) is 12.8 Å². The summed E-state index contributed by atoms with van der Waals surface area (Å²) < 4.78 is 39.8. The van der Waals surface area contributed by atoms with Gasteiger partial charge in [0, 0.05) is 5.56 Å². The third-order valence-corrected chi connectivity index (χ3v) is 4.57. The molecule has 2 N–H and O–H groups in total. The van der Waals surface area contributed by atoms with Gasteiger partial charge in [-0.2, -0.15) is 4.72 Å². The number of benzene rings is 1. The molecule has 1 rings (SSSR count). The number of carboxylic acids is 1. The molecule has 0 aromatic heterocycles. The van der Waals surface area contributed by atoms with Gasteiger partial charge >= 0.3 is 5.97 Å². The van der Waals surface area contributed by atoms with Crippen LogP contribution in [0, 0.1) is 12.7 Å². The lowest BCUT2D eigenvalue weighted by Gasteiger charge is -2.15. The number of carboxylic acid groups (broad SMARTS) is 1. The van der Waals surface area contributed by atoms with E-state index in [0.717, 1.165) is 12.5 Å². The van der Waals surface area contributed by atoms with Crippen molar-refractivity contribution in [2.45, 2.75) is 44.0 Å². The van der Waals surface area contributed by atoms with Crippen molar-refractivity contribution < 1.29 is 22.7 Å². The number of nitrogens with one attached hydrogen (secondary N) is 1. The molecule has 20 heavy (non-hydrogen) atoms. The topological polar surface area (TPSA) is 83.5 Å². The van der Waals surface area contributed by atoms with Gasteiger partial charge in [0.2, 0.25) is 10.0 Å².